The van der Waals surface area contributed by atoms with Gasteiger partial charge in [-0.3, -0.25) is 4.79 Å². The average Bonchev–Trinajstić information content (AvgIpc) is 3.29. The summed E-state index contributed by atoms with van der Waals surface area (Å²) in [6.45, 7) is 7.47. The molecule has 2 aromatic rings. The number of carbonyl (C=O) groups is 1. The molecule has 2 aromatic carbocycles. The van der Waals surface area contributed by atoms with Gasteiger partial charge in [0, 0.05) is 44.0 Å². The Balaban J connectivity index is 1.09. The minimum atomic E-state index is 0.228. The molecule has 0 aliphatic carbocycles. The van der Waals surface area contributed by atoms with E-state index in [-0.39, 0.29) is 5.91 Å². The molecule has 0 radical (unpaired) electrons. The third-order valence-corrected chi connectivity index (χ3v) is 6.75. The quantitative estimate of drug-likeness (QED) is 0.801. The van der Waals surface area contributed by atoms with E-state index in [9.17, 15) is 4.79 Å². The van der Waals surface area contributed by atoms with Gasteiger partial charge < -0.3 is 14.7 Å². The number of piperidine rings is 1. The maximum absolute atomic E-state index is 12.6. The van der Waals surface area contributed by atoms with Gasteiger partial charge in [-0.15, -0.1) is 0 Å². The predicted octanol–water partition coefficient (Wildman–Crippen LogP) is 3.42. The number of hydrogen-bond donors (Lipinski definition) is 0. The van der Waals surface area contributed by atoms with Crippen molar-refractivity contribution < 1.29 is 4.79 Å². The normalized spacial score (nSPS) is 19.9. The van der Waals surface area contributed by atoms with Crippen LogP contribution in [-0.2, 0) is 13.0 Å². The molecule has 0 bridgehead atoms. The lowest BCUT2D eigenvalue weighted by atomic mass is 9.96. The lowest BCUT2D eigenvalue weighted by molar-refractivity contribution is 0.0715. The van der Waals surface area contributed by atoms with E-state index >= 15 is 0 Å². The predicted molar refractivity (Wildman–Crippen MR) is 113 cm³/mol. The molecular weight excluding hydrogens is 346 g/mol. The van der Waals surface area contributed by atoms with Gasteiger partial charge in [-0.25, -0.2) is 0 Å². The SMILES string of the molecule is O=C1c2ccccc2CN1CC1CCN(CCN2CCc3ccccc32)CC1. The van der Waals surface area contributed by atoms with Crippen LogP contribution in [0.15, 0.2) is 48.5 Å². The van der Waals surface area contributed by atoms with Crippen molar-refractivity contribution in [3.05, 3.63) is 65.2 Å². The highest BCUT2D eigenvalue weighted by atomic mass is 16.2. The van der Waals surface area contributed by atoms with Crippen LogP contribution in [0.2, 0.25) is 0 Å². The fourth-order valence-corrected chi connectivity index (χ4v) is 5.07. The second-order valence-electron chi connectivity index (χ2n) is 8.49. The number of hydrogen-bond acceptors (Lipinski definition) is 3. The van der Waals surface area contributed by atoms with E-state index < -0.39 is 0 Å². The molecule has 0 spiro atoms. The van der Waals surface area contributed by atoms with Gasteiger partial charge in [0.15, 0.2) is 0 Å². The molecule has 1 saturated heterocycles. The first-order valence-corrected chi connectivity index (χ1v) is 10.7. The van der Waals surface area contributed by atoms with Crippen LogP contribution < -0.4 is 4.90 Å². The molecule has 3 aliphatic rings. The Kier molecular flexibility index (Phi) is 4.81. The molecule has 28 heavy (non-hydrogen) atoms. The summed E-state index contributed by atoms with van der Waals surface area (Å²) in [7, 11) is 0. The molecule has 3 heterocycles. The molecule has 3 aliphatic heterocycles. The zero-order valence-corrected chi connectivity index (χ0v) is 16.5. The van der Waals surface area contributed by atoms with Gasteiger partial charge in [0.05, 0.1) is 0 Å². The second kappa shape index (κ2) is 7.59. The number of anilines is 1. The third kappa shape index (κ3) is 3.42. The van der Waals surface area contributed by atoms with Gasteiger partial charge in [-0.05, 0) is 61.5 Å². The first-order chi connectivity index (χ1) is 13.8. The van der Waals surface area contributed by atoms with E-state index in [0.717, 1.165) is 51.4 Å². The van der Waals surface area contributed by atoms with Crippen molar-refractivity contribution in [2.24, 2.45) is 5.92 Å². The standard InChI is InChI=1S/C24H29N3O/c28-24-22-7-3-1-6-21(22)18-27(24)17-19-9-12-25(13-10-19)15-16-26-14-11-20-5-2-4-8-23(20)26/h1-8,19H,9-18H2. The van der Waals surface area contributed by atoms with Crippen molar-refractivity contribution >= 4 is 11.6 Å². The van der Waals surface area contributed by atoms with Crippen LogP contribution in [0.25, 0.3) is 0 Å². The number of fused-ring (bicyclic) bond motifs is 2. The number of benzene rings is 2. The van der Waals surface area contributed by atoms with E-state index in [2.05, 4.69) is 45.0 Å². The Labute approximate surface area is 167 Å². The Morgan fingerprint density at radius 3 is 2.39 bits per heavy atom. The monoisotopic (exact) mass is 375 g/mol. The van der Waals surface area contributed by atoms with Gasteiger partial charge in [-0.1, -0.05) is 36.4 Å². The van der Waals surface area contributed by atoms with Gasteiger partial charge in [0.25, 0.3) is 5.91 Å². The number of para-hydroxylation sites is 1. The van der Waals surface area contributed by atoms with Crippen LogP contribution in [-0.4, -0.2) is 55.0 Å². The minimum Gasteiger partial charge on any atom is -0.370 e. The molecule has 0 unspecified atom stereocenters. The van der Waals surface area contributed by atoms with Crippen molar-refractivity contribution in [1.82, 2.24) is 9.80 Å². The summed E-state index contributed by atoms with van der Waals surface area (Å²) in [5.41, 5.74) is 5.03. The van der Waals surface area contributed by atoms with Crippen LogP contribution in [0.4, 0.5) is 5.69 Å². The second-order valence-corrected chi connectivity index (χ2v) is 8.49. The fourth-order valence-electron chi connectivity index (χ4n) is 5.07. The van der Waals surface area contributed by atoms with E-state index in [0.29, 0.717) is 5.92 Å². The first-order valence-electron chi connectivity index (χ1n) is 10.7. The van der Waals surface area contributed by atoms with E-state index in [1.165, 1.54) is 36.1 Å². The molecule has 0 saturated carbocycles. The fraction of sp³-hybridized carbons (Fsp3) is 0.458. The van der Waals surface area contributed by atoms with Gasteiger partial charge >= 0.3 is 0 Å². The molecule has 1 amide bonds. The van der Waals surface area contributed by atoms with Crippen LogP contribution in [0, 0.1) is 5.92 Å². The smallest absolute Gasteiger partial charge is 0.254 e. The summed E-state index contributed by atoms with van der Waals surface area (Å²) in [5, 5.41) is 0. The van der Waals surface area contributed by atoms with Gasteiger partial charge in [-0.2, -0.15) is 0 Å². The molecular formula is C24H29N3O. The van der Waals surface area contributed by atoms with Crippen molar-refractivity contribution in [3.63, 3.8) is 0 Å². The Hall–Kier alpha value is -2.33. The highest BCUT2D eigenvalue weighted by Gasteiger charge is 2.30. The van der Waals surface area contributed by atoms with Crippen molar-refractivity contribution in [2.75, 3.05) is 44.2 Å². The molecule has 4 nitrogen and oxygen atoms in total. The average molecular weight is 376 g/mol. The number of amides is 1. The van der Waals surface area contributed by atoms with E-state index in [4.69, 9.17) is 0 Å². The molecule has 1 fully saturated rings. The summed E-state index contributed by atoms with van der Waals surface area (Å²) >= 11 is 0. The summed E-state index contributed by atoms with van der Waals surface area (Å²) in [6.07, 6.45) is 3.60. The largest absolute Gasteiger partial charge is 0.370 e. The molecule has 4 heteroatoms. The lowest BCUT2D eigenvalue weighted by Crippen LogP contribution is -2.42. The van der Waals surface area contributed by atoms with Crippen LogP contribution in [0.5, 0.6) is 0 Å². The van der Waals surface area contributed by atoms with Gasteiger partial charge in [0.2, 0.25) is 0 Å². The molecule has 146 valence electrons. The maximum atomic E-state index is 12.6. The number of carbonyl (C=O) groups excluding carboxylic acids is 1. The zero-order valence-electron chi connectivity index (χ0n) is 16.5. The Morgan fingerprint density at radius 1 is 0.821 bits per heavy atom. The Bertz CT molecular complexity index is 856. The Morgan fingerprint density at radius 2 is 1.57 bits per heavy atom. The van der Waals surface area contributed by atoms with Crippen LogP contribution in [0.3, 0.4) is 0 Å². The third-order valence-electron chi connectivity index (χ3n) is 6.75. The summed E-state index contributed by atoms with van der Waals surface area (Å²) in [6, 6.07) is 16.9. The summed E-state index contributed by atoms with van der Waals surface area (Å²) < 4.78 is 0. The number of likely N-dealkylation sites (tertiary alicyclic amines) is 1. The van der Waals surface area contributed by atoms with E-state index in [1.54, 1.807) is 0 Å². The van der Waals surface area contributed by atoms with Crippen molar-refractivity contribution in [3.8, 4) is 0 Å². The highest BCUT2D eigenvalue weighted by molar-refractivity contribution is 5.98. The molecule has 5 rings (SSSR count). The number of rotatable bonds is 5. The van der Waals surface area contributed by atoms with Crippen molar-refractivity contribution in [1.29, 1.82) is 0 Å². The van der Waals surface area contributed by atoms with Crippen LogP contribution in [0.1, 0.15) is 34.3 Å². The molecule has 0 aromatic heterocycles. The topological polar surface area (TPSA) is 26.8 Å². The van der Waals surface area contributed by atoms with E-state index in [1.807, 2.05) is 18.2 Å². The van der Waals surface area contributed by atoms with Crippen molar-refractivity contribution in [2.45, 2.75) is 25.8 Å². The minimum absolute atomic E-state index is 0.228. The lowest BCUT2D eigenvalue weighted by Gasteiger charge is -2.35. The van der Waals surface area contributed by atoms with Gasteiger partial charge in [0.1, 0.15) is 0 Å². The summed E-state index contributed by atoms with van der Waals surface area (Å²) in [4.78, 5) is 19.8. The van der Waals surface area contributed by atoms with Crippen LogP contribution >= 0.6 is 0 Å². The molecule has 0 N–H and O–H groups in total. The maximum Gasteiger partial charge on any atom is 0.254 e. The number of nitrogens with zero attached hydrogens (tertiary/aromatic N) is 3. The first kappa shape index (κ1) is 17.7. The zero-order chi connectivity index (χ0) is 18.9. The molecule has 0 atom stereocenters. The highest BCUT2D eigenvalue weighted by Crippen LogP contribution is 2.28. The summed E-state index contributed by atoms with van der Waals surface area (Å²) in [5.74, 6) is 0.868.